The van der Waals surface area contributed by atoms with E-state index in [0.717, 1.165) is 29.5 Å². The number of aliphatic hydroxyl groups is 1. The zero-order valence-electron chi connectivity index (χ0n) is 24.1. The molecule has 1 aliphatic rings. The van der Waals surface area contributed by atoms with Crippen LogP contribution in [0.25, 0.3) is 17.2 Å². The van der Waals surface area contributed by atoms with Crippen molar-refractivity contribution in [1.82, 2.24) is 4.90 Å². The summed E-state index contributed by atoms with van der Waals surface area (Å²) in [5, 5.41) is 11.6. The molecule has 3 aromatic carbocycles. The maximum atomic E-state index is 13.4. The summed E-state index contributed by atoms with van der Waals surface area (Å²) < 4.78 is 10.7. The average molecular weight is 576 g/mol. The highest BCUT2D eigenvalue weighted by Crippen LogP contribution is 2.31. The van der Waals surface area contributed by atoms with Crippen LogP contribution in [0, 0.1) is 0 Å². The highest BCUT2D eigenvalue weighted by molar-refractivity contribution is 6.30. The van der Waals surface area contributed by atoms with Gasteiger partial charge in [0.15, 0.2) is 0 Å². The number of hydrogen-bond acceptors (Lipinski definition) is 5. The van der Waals surface area contributed by atoms with E-state index in [1.165, 1.54) is 17.2 Å². The van der Waals surface area contributed by atoms with Crippen LogP contribution in [0.3, 0.4) is 0 Å². The number of amides is 1. The molecule has 1 amide bonds. The van der Waals surface area contributed by atoms with Crippen LogP contribution in [0.5, 0.6) is 0 Å². The van der Waals surface area contributed by atoms with Crippen molar-refractivity contribution in [1.29, 1.82) is 0 Å². The topological polar surface area (TPSA) is 76.1 Å². The number of nitrogens with zero attached hydrogens (tertiary/aromatic N) is 1. The number of halogens is 1. The van der Waals surface area contributed by atoms with Crippen molar-refractivity contribution < 1.29 is 24.2 Å². The van der Waals surface area contributed by atoms with Gasteiger partial charge in [-0.05, 0) is 98.5 Å². The van der Waals surface area contributed by atoms with E-state index in [2.05, 4.69) is 18.2 Å². The summed E-state index contributed by atoms with van der Waals surface area (Å²) in [7, 11) is 0. The first-order valence-corrected chi connectivity index (χ1v) is 14.4. The average Bonchev–Trinajstić information content (AvgIpc) is 2.94. The zero-order chi connectivity index (χ0) is 29.6. The molecule has 0 saturated heterocycles. The number of hydrogen-bond donors (Lipinski definition) is 1. The second-order valence-corrected chi connectivity index (χ2v) is 11.7. The van der Waals surface area contributed by atoms with Crippen molar-refractivity contribution in [2.45, 2.75) is 64.7 Å². The maximum Gasteiger partial charge on any atom is 0.410 e. The summed E-state index contributed by atoms with van der Waals surface area (Å²) in [6, 6.07) is 21.4. The quantitative estimate of drug-likeness (QED) is 0.223. The van der Waals surface area contributed by atoms with Crippen molar-refractivity contribution in [3.8, 4) is 11.1 Å². The van der Waals surface area contributed by atoms with Gasteiger partial charge in [0.05, 0.1) is 19.3 Å². The predicted molar refractivity (Wildman–Crippen MR) is 163 cm³/mol. The predicted octanol–water partition coefficient (Wildman–Crippen LogP) is 7.41. The normalized spacial score (nSPS) is 15.7. The molecule has 3 aromatic rings. The molecule has 0 unspecified atom stereocenters. The van der Waals surface area contributed by atoms with Crippen LogP contribution >= 0.6 is 11.6 Å². The lowest BCUT2D eigenvalue weighted by atomic mass is 9.85. The number of carbonyl (C=O) groups excluding carboxylic acids is 2. The summed E-state index contributed by atoms with van der Waals surface area (Å²) in [5.41, 5.74) is 5.54. The van der Waals surface area contributed by atoms with Gasteiger partial charge in [-0.2, -0.15) is 0 Å². The molecule has 0 spiro atoms. The molecule has 0 aromatic heterocycles. The van der Waals surface area contributed by atoms with Gasteiger partial charge >= 0.3 is 12.1 Å². The van der Waals surface area contributed by atoms with Gasteiger partial charge in [0.25, 0.3) is 0 Å². The molecule has 216 valence electrons. The largest absolute Gasteiger partial charge is 0.463 e. The zero-order valence-corrected chi connectivity index (χ0v) is 24.9. The summed E-state index contributed by atoms with van der Waals surface area (Å²) in [6.07, 6.45) is 4.14. The fourth-order valence-corrected chi connectivity index (χ4v) is 5.12. The third-order valence-corrected chi connectivity index (χ3v) is 7.30. The summed E-state index contributed by atoms with van der Waals surface area (Å²) in [4.78, 5) is 26.7. The first-order valence-electron chi connectivity index (χ1n) is 14.0. The molecule has 0 bridgehead atoms. The highest BCUT2D eigenvalue weighted by atomic mass is 35.5. The Balaban J connectivity index is 1.53. The van der Waals surface area contributed by atoms with Gasteiger partial charge in [-0.15, -0.1) is 0 Å². The van der Waals surface area contributed by atoms with Crippen LogP contribution in [-0.2, 0) is 27.1 Å². The summed E-state index contributed by atoms with van der Waals surface area (Å²) in [5.74, 6) is -0.359. The first-order chi connectivity index (χ1) is 19.5. The van der Waals surface area contributed by atoms with Crippen molar-refractivity contribution in [2.75, 3.05) is 13.2 Å². The van der Waals surface area contributed by atoms with Crippen molar-refractivity contribution in [3.05, 3.63) is 100 Å². The molecule has 0 heterocycles. The van der Waals surface area contributed by atoms with Crippen molar-refractivity contribution in [3.63, 3.8) is 0 Å². The van der Waals surface area contributed by atoms with E-state index in [1.54, 1.807) is 42.2 Å². The smallest absolute Gasteiger partial charge is 0.410 e. The van der Waals surface area contributed by atoms with E-state index in [9.17, 15) is 14.7 Å². The monoisotopic (exact) mass is 575 g/mol. The second kappa shape index (κ2) is 13.4. The molecule has 2 atom stereocenters. The summed E-state index contributed by atoms with van der Waals surface area (Å²) >= 11 is 6.03. The lowest BCUT2D eigenvalue weighted by Gasteiger charge is -2.37. The highest BCUT2D eigenvalue weighted by Gasteiger charge is 2.33. The SMILES string of the molecule is CCOC(=O)/C=C/c1ccc(-c2ccc3c(c2)C[C@@H](N(C[C@H](O)c2ccc(Cl)cc2)C(=O)OC(C)(C)C)CC3)cc1. The molecule has 1 aliphatic carbocycles. The van der Waals surface area contributed by atoms with E-state index < -0.39 is 17.8 Å². The molecule has 0 saturated carbocycles. The fourth-order valence-electron chi connectivity index (χ4n) is 4.99. The van der Waals surface area contributed by atoms with Gasteiger partial charge in [0.2, 0.25) is 0 Å². The van der Waals surface area contributed by atoms with Crippen LogP contribution < -0.4 is 0 Å². The van der Waals surface area contributed by atoms with E-state index >= 15 is 0 Å². The standard InChI is InChI=1S/C34H38ClNO5/c1-5-40-32(38)19-8-23-6-9-24(10-7-23)27-12-11-25-15-18-30(21-28(25)20-27)36(33(39)41-34(2,3)4)22-31(37)26-13-16-29(35)17-14-26/h6-14,16-17,19-20,30-31,37H,5,15,18,21-22H2,1-4H3/b19-8+/t30-,31-/m0/s1. The molecule has 0 radical (unpaired) electrons. The lowest BCUT2D eigenvalue weighted by molar-refractivity contribution is -0.137. The van der Waals surface area contributed by atoms with Gasteiger partial charge in [0, 0.05) is 17.1 Å². The third-order valence-electron chi connectivity index (χ3n) is 7.04. The van der Waals surface area contributed by atoms with Crippen LogP contribution in [-0.4, -0.2) is 46.9 Å². The maximum absolute atomic E-state index is 13.4. The Bertz CT molecular complexity index is 1380. The Morgan fingerprint density at radius 2 is 1.71 bits per heavy atom. The lowest BCUT2D eigenvalue weighted by Crippen LogP contribution is -2.47. The molecule has 0 aliphatic heterocycles. The molecule has 6 nitrogen and oxygen atoms in total. The number of carbonyl (C=O) groups is 2. The number of ether oxygens (including phenoxy) is 2. The molecule has 7 heteroatoms. The van der Waals surface area contributed by atoms with E-state index in [-0.39, 0.29) is 18.6 Å². The van der Waals surface area contributed by atoms with Crippen LogP contribution in [0.2, 0.25) is 5.02 Å². The third kappa shape index (κ3) is 8.44. The molecular formula is C34H38ClNO5. The number of fused-ring (bicyclic) bond motifs is 1. The van der Waals surface area contributed by atoms with Gasteiger partial charge in [-0.1, -0.05) is 66.2 Å². The molecule has 1 N–H and O–H groups in total. The Kier molecular flexibility index (Phi) is 9.90. The Morgan fingerprint density at radius 1 is 1.02 bits per heavy atom. The number of aliphatic hydroxyl groups excluding tert-OH is 1. The van der Waals surface area contributed by atoms with E-state index in [1.807, 2.05) is 45.0 Å². The number of rotatable bonds is 8. The van der Waals surface area contributed by atoms with E-state index in [4.69, 9.17) is 21.1 Å². The minimum atomic E-state index is -0.871. The second-order valence-electron chi connectivity index (χ2n) is 11.3. The Hall–Kier alpha value is -3.61. The fraction of sp³-hybridized carbons (Fsp3) is 0.353. The van der Waals surface area contributed by atoms with Gasteiger partial charge < -0.3 is 19.5 Å². The Labute approximate surface area is 247 Å². The van der Waals surface area contributed by atoms with Crippen molar-refractivity contribution >= 4 is 29.7 Å². The molecule has 4 rings (SSSR count). The summed E-state index contributed by atoms with van der Waals surface area (Å²) in [6.45, 7) is 7.79. The van der Waals surface area contributed by atoms with Gasteiger partial charge in [-0.3, -0.25) is 0 Å². The molecular weight excluding hydrogens is 538 g/mol. The van der Waals surface area contributed by atoms with Gasteiger partial charge in [-0.25, -0.2) is 9.59 Å². The van der Waals surface area contributed by atoms with Crippen LogP contribution in [0.15, 0.2) is 72.8 Å². The molecule has 0 fully saturated rings. The number of benzene rings is 3. The van der Waals surface area contributed by atoms with Gasteiger partial charge in [0.1, 0.15) is 5.60 Å². The first kappa shape index (κ1) is 30.4. The van der Waals surface area contributed by atoms with Crippen LogP contribution in [0.4, 0.5) is 4.79 Å². The Morgan fingerprint density at radius 3 is 2.37 bits per heavy atom. The number of aryl methyl sites for hydroxylation is 1. The minimum Gasteiger partial charge on any atom is -0.463 e. The molecule has 41 heavy (non-hydrogen) atoms. The van der Waals surface area contributed by atoms with Crippen LogP contribution in [0.1, 0.15) is 62.5 Å². The van der Waals surface area contributed by atoms with Crippen molar-refractivity contribution in [2.24, 2.45) is 0 Å². The minimum absolute atomic E-state index is 0.120. The number of esters is 1. The van der Waals surface area contributed by atoms with E-state index in [0.29, 0.717) is 23.6 Å².